The van der Waals surface area contributed by atoms with Gasteiger partial charge in [0.15, 0.2) is 0 Å². The lowest BCUT2D eigenvalue weighted by molar-refractivity contribution is 0.0696. The molecule has 0 aliphatic heterocycles. The van der Waals surface area contributed by atoms with Crippen molar-refractivity contribution in [3.63, 3.8) is 0 Å². The maximum atomic E-state index is 12.2. The molecule has 0 radical (unpaired) electrons. The summed E-state index contributed by atoms with van der Waals surface area (Å²) in [4.78, 5) is 35.0. The molecule has 0 fully saturated rings. The van der Waals surface area contributed by atoms with Crippen LogP contribution in [0.3, 0.4) is 0 Å². The van der Waals surface area contributed by atoms with Gasteiger partial charge in [0, 0.05) is 22.6 Å². The molecule has 0 atom stereocenters. The first-order valence-corrected chi connectivity index (χ1v) is 8.39. The van der Waals surface area contributed by atoms with E-state index >= 15 is 0 Å². The standard InChI is InChI=1S/C21H17N3O4/c25-19(14-6-8-15(9-7-14)20(26)27)22-17-10-12-18(13-11-17)24-21(28)23-16-4-2-1-3-5-16/h1-13H,(H,22,25)(H,26,27)(H2,23,24,28). The van der Waals surface area contributed by atoms with E-state index in [1.54, 1.807) is 36.4 Å². The molecule has 3 rings (SSSR count). The Hall–Kier alpha value is -4.13. The van der Waals surface area contributed by atoms with Crippen molar-refractivity contribution in [2.24, 2.45) is 0 Å². The number of aromatic carboxylic acids is 1. The van der Waals surface area contributed by atoms with Crippen LogP contribution in [0.4, 0.5) is 21.9 Å². The summed E-state index contributed by atoms with van der Waals surface area (Å²) in [6, 6.07) is 21.0. The number of carboxylic acid groups (broad SMARTS) is 1. The van der Waals surface area contributed by atoms with E-state index < -0.39 is 5.97 Å². The molecule has 0 heterocycles. The minimum atomic E-state index is -1.05. The fraction of sp³-hybridized carbons (Fsp3) is 0. The lowest BCUT2D eigenvalue weighted by atomic mass is 10.1. The van der Waals surface area contributed by atoms with Crippen LogP contribution in [0.15, 0.2) is 78.9 Å². The Morgan fingerprint density at radius 2 is 1.04 bits per heavy atom. The summed E-state index contributed by atoms with van der Waals surface area (Å²) in [7, 11) is 0. The van der Waals surface area contributed by atoms with E-state index in [4.69, 9.17) is 5.11 Å². The molecule has 3 aromatic rings. The van der Waals surface area contributed by atoms with Crippen LogP contribution >= 0.6 is 0 Å². The molecule has 7 heteroatoms. The van der Waals surface area contributed by atoms with Gasteiger partial charge in [-0.05, 0) is 60.7 Å². The number of urea groups is 1. The molecular weight excluding hydrogens is 358 g/mol. The number of amides is 3. The molecule has 0 aliphatic carbocycles. The number of carboxylic acids is 1. The summed E-state index contributed by atoms with van der Waals surface area (Å²) < 4.78 is 0. The lowest BCUT2D eigenvalue weighted by Gasteiger charge is -2.09. The van der Waals surface area contributed by atoms with Crippen LogP contribution in [-0.2, 0) is 0 Å². The highest BCUT2D eigenvalue weighted by atomic mass is 16.4. The summed E-state index contributed by atoms with van der Waals surface area (Å²) in [6.45, 7) is 0. The third kappa shape index (κ3) is 4.95. The topological polar surface area (TPSA) is 108 Å². The fourth-order valence-corrected chi connectivity index (χ4v) is 2.42. The maximum absolute atomic E-state index is 12.2. The number of rotatable bonds is 5. The number of para-hydroxylation sites is 1. The third-order valence-corrected chi connectivity index (χ3v) is 3.83. The van der Waals surface area contributed by atoms with Gasteiger partial charge in [0.1, 0.15) is 0 Å². The Bertz CT molecular complexity index is 984. The van der Waals surface area contributed by atoms with Gasteiger partial charge in [0.25, 0.3) is 5.91 Å². The van der Waals surface area contributed by atoms with E-state index in [9.17, 15) is 14.4 Å². The molecule has 140 valence electrons. The van der Waals surface area contributed by atoms with Gasteiger partial charge < -0.3 is 21.1 Å². The molecule has 0 spiro atoms. The molecule has 0 saturated heterocycles. The SMILES string of the molecule is O=C(Nc1ccccc1)Nc1ccc(NC(=O)c2ccc(C(=O)O)cc2)cc1. The molecule has 0 aromatic heterocycles. The minimum absolute atomic E-state index is 0.112. The first kappa shape index (κ1) is 18.7. The second-order valence-corrected chi connectivity index (χ2v) is 5.86. The lowest BCUT2D eigenvalue weighted by Crippen LogP contribution is -2.19. The van der Waals surface area contributed by atoms with Crippen LogP contribution in [0.2, 0.25) is 0 Å². The number of nitrogens with one attached hydrogen (secondary N) is 3. The van der Waals surface area contributed by atoms with E-state index in [0.29, 0.717) is 22.6 Å². The van der Waals surface area contributed by atoms with Crippen molar-refractivity contribution in [2.45, 2.75) is 0 Å². The largest absolute Gasteiger partial charge is 0.478 e. The van der Waals surface area contributed by atoms with Gasteiger partial charge in [-0.15, -0.1) is 0 Å². The summed E-state index contributed by atoms with van der Waals surface area (Å²) in [5, 5.41) is 17.0. The van der Waals surface area contributed by atoms with Gasteiger partial charge in [-0.1, -0.05) is 18.2 Å². The molecule has 0 saturated carbocycles. The van der Waals surface area contributed by atoms with Crippen LogP contribution in [-0.4, -0.2) is 23.0 Å². The highest BCUT2D eigenvalue weighted by Crippen LogP contribution is 2.16. The molecule has 4 N–H and O–H groups in total. The van der Waals surface area contributed by atoms with E-state index in [0.717, 1.165) is 0 Å². The minimum Gasteiger partial charge on any atom is -0.478 e. The molecule has 3 amide bonds. The van der Waals surface area contributed by atoms with Crippen LogP contribution in [0.5, 0.6) is 0 Å². The van der Waals surface area contributed by atoms with Gasteiger partial charge in [-0.3, -0.25) is 4.79 Å². The van der Waals surface area contributed by atoms with Crippen LogP contribution < -0.4 is 16.0 Å². The van der Waals surface area contributed by atoms with E-state index in [1.165, 1.54) is 24.3 Å². The van der Waals surface area contributed by atoms with Crippen molar-refractivity contribution in [3.8, 4) is 0 Å². The van der Waals surface area contributed by atoms with Crippen molar-refractivity contribution < 1.29 is 19.5 Å². The third-order valence-electron chi connectivity index (χ3n) is 3.83. The molecule has 0 aliphatic rings. The van der Waals surface area contributed by atoms with Crippen LogP contribution in [0.1, 0.15) is 20.7 Å². The summed E-state index contributed by atoms with van der Waals surface area (Å²) in [5.41, 5.74) is 2.24. The predicted molar refractivity (Wildman–Crippen MR) is 107 cm³/mol. The second-order valence-electron chi connectivity index (χ2n) is 5.86. The van der Waals surface area contributed by atoms with Crippen molar-refractivity contribution in [1.29, 1.82) is 0 Å². The Labute approximate surface area is 161 Å². The van der Waals surface area contributed by atoms with E-state index in [2.05, 4.69) is 16.0 Å². The Morgan fingerprint density at radius 1 is 0.571 bits per heavy atom. The predicted octanol–water partition coefficient (Wildman–Crippen LogP) is 4.28. The zero-order chi connectivity index (χ0) is 19.9. The molecule has 7 nitrogen and oxygen atoms in total. The zero-order valence-corrected chi connectivity index (χ0v) is 14.7. The van der Waals surface area contributed by atoms with Crippen LogP contribution in [0.25, 0.3) is 0 Å². The highest BCUT2D eigenvalue weighted by Gasteiger charge is 2.09. The van der Waals surface area contributed by atoms with Crippen LogP contribution in [0, 0.1) is 0 Å². The zero-order valence-electron chi connectivity index (χ0n) is 14.7. The Morgan fingerprint density at radius 3 is 1.57 bits per heavy atom. The number of carbonyl (C=O) groups is 3. The quantitative estimate of drug-likeness (QED) is 0.534. The van der Waals surface area contributed by atoms with Crippen molar-refractivity contribution in [3.05, 3.63) is 90.0 Å². The smallest absolute Gasteiger partial charge is 0.335 e. The Balaban J connectivity index is 1.57. The average Bonchev–Trinajstić information content (AvgIpc) is 2.70. The van der Waals surface area contributed by atoms with Gasteiger partial charge in [0.05, 0.1) is 5.56 Å². The van der Waals surface area contributed by atoms with Gasteiger partial charge in [-0.25, -0.2) is 9.59 Å². The van der Waals surface area contributed by atoms with Crippen molar-refractivity contribution >= 4 is 35.0 Å². The van der Waals surface area contributed by atoms with Gasteiger partial charge >= 0.3 is 12.0 Å². The Kier molecular flexibility index (Phi) is 5.66. The highest BCUT2D eigenvalue weighted by molar-refractivity contribution is 6.05. The summed E-state index contributed by atoms with van der Waals surface area (Å²) in [6.07, 6.45) is 0. The summed E-state index contributed by atoms with van der Waals surface area (Å²) >= 11 is 0. The number of hydrogen-bond donors (Lipinski definition) is 4. The maximum Gasteiger partial charge on any atom is 0.335 e. The van der Waals surface area contributed by atoms with Crippen molar-refractivity contribution in [2.75, 3.05) is 16.0 Å². The first-order chi connectivity index (χ1) is 13.5. The van der Waals surface area contributed by atoms with E-state index in [1.807, 2.05) is 18.2 Å². The van der Waals surface area contributed by atoms with Crippen molar-refractivity contribution in [1.82, 2.24) is 0 Å². The number of carbonyl (C=O) groups excluding carboxylic acids is 2. The monoisotopic (exact) mass is 375 g/mol. The van der Waals surface area contributed by atoms with E-state index in [-0.39, 0.29) is 17.5 Å². The molecular formula is C21H17N3O4. The average molecular weight is 375 g/mol. The number of anilines is 3. The normalized spacial score (nSPS) is 10.0. The number of benzene rings is 3. The molecule has 28 heavy (non-hydrogen) atoms. The first-order valence-electron chi connectivity index (χ1n) is 8.39. The fourth-order valence-electron chi connectivity index (χ4n) is 2.42. The molecule has 0 unspecified atom stereocenters. The molecule has 0 bridgehead atoms. The summed E-state index contributed by atoms with van der Waals surface area (Å²) in [5.74, 6) is -1.41. The van der Waals surface area contributed by atoms with Gasteiger partial charge in [-0.2, -0.15) is 0 Å². The van der Waals surface area contributed by atoms with Gasteiger partial charge in [0.2, 0.25) is 0 Å². The molecule has 3 aromatic carbocycles. The second kappa shape index (κ2) is 8.50. The number of hydrogen-bond acceptors (Lipinski definition) is 3.